The van der Waals surface area contributed by atoms with Gasteiger partial charge in [-0.25, -0.2) is 19.2 Å². The average Bonchev–Trinajstić information content (AvgIpc) is 3.51. The van der Waals surface area contributed by atoms with E-state index in [9.17, 15) is 14.3 Å². The molecule has 0 unspecified atom stereocenters. The molecule has 0 radical (unpaired) electrons. The van der Waals surface area contributed by atoms with Gasteiger partial charge in [0.15, 0.2) is 5.69 Å². The Balaban J connectivity index is 1.57. The number of nitrogens with one attached hydrogen (secondary N) is 1. The Morgan fingerprint density at radius 3 is 2.85 bits per heavy atom. The Labute approximate surface area is 188 Å². The van der Waals surface area contributed by atoms with Crippen LogP contribution in [0.25, 0.3) is 16.8 Å². The molecule has 9 nitrogen and oxygen atoms in total. The van der Waals surface area contributed by atoms with Crippen molar-refractivity contribution in [3.63, 3.8) is 0 Å². The summed E-state index contributed by atoms with van der Waals surface area (Å²) in [6.45, 7) is 6.72. The third kappa shape index (κ3) is 3.47. The molecule has 1 aliphatic rings. The smallest absolute Gasteiger partial charge is 0.356 e. The van der Waals surface area contributed by atoms with E-state index in [2.05, 4.69) is 20.4 Å². The molecule has 170 valence electrons. The number of aromatic carboxylic acids is 1. The summed E-state index contributed by atoms with van der Waals surface area (Å²) >= 11 is 0. The zero-order valence-corrected chi connectivity index (χ0v) is 18.5. The highest BCUT2D eigenvalue weighted by Crippen LogP contribution is 2.32. The summed E-state index contributed by atoms with van der Waals surface area (Å²) in [6.07, 6.45) is 5.42. The first kappa shape index (κ1) is 20.9. The van der Waals surface area contributed by atoms with Gasteiger partial charge in [-0.15, -0.1) is 0 Å². The van der Waals surface area contributed by atoms with E-state index in [0.29, 0.717) is 41.5 Å². The van der Waals surface area contributed by atoms with Gasteiger partial charge in [-0.1, -0.05) is 0 Å². The number of halogens is 1. The van der Waals surface area contributed by atoms with Crippen LogP contribution in [-0.4, -0.2) is 41.8 Å². The maximum absolute atomic E-state index is 14.5. The Morgan fingerprint density at radius 1 is 1.30 bits per heavy atom. The molecule has 3 aromatic heterocycles. The van der Waals surface area contributed by atoms with E-state index in [1.54, 1.807) is 22.9 Å². The number of carboxylic acid groups (broad SMARTS) is 1. The summed E-state index contributed by atoms with van der Waals surface area (Å²) in [5.74, 6) is -0.420. The molecule has 0 spiro atoms. The van der Waals surface area contributed by atoms with Crippen molar-refractivity contribution in [1.29, 1.82) is 0 Å². The maximum atomic E-state index is 14.5. The van der Waals surface area contributed by atoms with Gasteiger partial charge in [0.2, 0.25) is 5.95 Å². The second-order valence-corrected chi connectivity index (χ2v) is 8.26. The van der Waals surface area contributed by atoms with Gasteiger partial charge in [0, 0.05) is 59.3 Å². The Kier molecular flexibility index (Phi) is 4.99. The number of aromatic nitrogens is 5. The first-order chi connectivity index (χ1) is 15.8. The molecule has 0 bridgehead atoms. The van der Waals surface area contributed by atoms with Crippen LogP contribution in [0.2, 0.25) is 0 Å². The summed E-state index contributed by atoms with van der Waals surface area (Å²) in [5.41, 5.74) is 4.08. The quantitative estimate of drug-likeness (QED) is 0.459. The van der Waals surface area contributed by atoms with Crippen molar-refractivity contribution < 1.29 is 19.0 Å². The summed E-state index contributed by atoms with van der Waals surface area (Å²) in [4.78, 5) is 20.5. The lowest BCUT2D eigenvalue weighted by Gasteiger charge is -2.13. The molecule has 0 saturated heterocycles. The van der Waals surface area contributed by atoms with E-state index in [1.807, 2.05) is 25.5 Å². The van der Waals surface area contributed by atoms with Crippen LogP contribution in [0.15, 0.2) is 30.7 Å². The van der Waals surface area contributed by atoms with E-state index in [1.165, 1.54) is 12.3 Å². The summed E-state index contributed by atoms with van der Waals surface area (Å²) in [7, 11) is 0. The predicted octanol–water partition coefficient (Wildman–Crippen LogP) is 3.87. The van der Waals surface area contributed by atoms with Crippen LogP contribution in [0.5, 0.6) is 5.75 Å². The number of benzene rings is 1. The molecule has 1 aromatic carbocycles. The molecule has 33 heavy (non-hydrogen) atoms. The SMILES string of the molecule is Cc1c(-c2cnc(NCc3c(F)ccc4c3CCO4)n3cc(C(=O)O)nc23)cnn1C(C)C. The van der Waals surface area contributed by atoms with Crippen LogP contribution in [0.3, 0.4) is 0 Å². The first-order valence-electron chi connectivity index (χ1n) is 10.7. The Morgan fingerprint density at radius 2 is 2.12 bits per heavy atom. The molecular formula is C23H23FN6O3. The number of imidazole rings is 1. The first-order valence-corrected chi connectivity index (χ1v) is 10.7. The van der Waals surface area contributed by atoms with Crippen LogP contribution in [0.1, 0.15) is 47.2 Å². The van der Waals surface area contributed by atoms with Crippen molar-refractivity contribution in [2.75, 3.05) is 11.9 Å². The number of hydrogen-bond donors (Lipinski definition) is 2. The fourth-order valence-electron chi connectivity index (χ4n) is 4.28. The largest absolute Gasteiger partial charge is 0.493 e. The fourth-order valence-corrected chi connectivity index (χ4v) is 4.28. The van der Waals surface area contributed by atoms with Gasteiger partial charge in [-0.05, 0) is 32.9 Å². The summed E-state index contributed by atoms with van der Waals surface area (Å²) in [6, 6.07) is 3.20. The predicted molar refractivity (Wildman–Crippen MR) is 119 cm³/mol. The lowest BCUT2D eigenvalue weighted by molar-refractivity contribution is 0.0691. The maximum Gasteiger partial charge on any atom is 0.356 e. The van der Waals surface area contributed by atoms with Crippen LogP contribution in [0, 0.1) is 12.7 Å². The van der Waals surface area contributed by atoms with Crippen LogP contribution >= 0.6 is 0 Å². The number of fused-ring (bicyclic) bond motifs is 2. The van der Waals surface area contributed by atoms with Crippen molar-refractivity contribution in [3.05, 3.63) is 59.1 Å². The van der Waals surface area contributed by atoms with Gasteiger partial charge >= 0.3 is 5.97 Å². The highest BCUT2D eigenvalue weighted by atomic mass is 19.1. The third-order valence-electron chi connectivity index (χ3n) is 5.90. The van der Waals surface area contributed by atoms with Crippen molar-refractivity contribution in [3.8, 4) is 16.9 Å². The minimum atomic E-state index is -1.14. The molecule has 4 heterocycles. The van der Waals surface area contributed by atoms with E-state index in [4.69, 9.17) is 4.74 Å². The summed E-state index contributed by atoms with van der Waals surface area (Å²) < 4.78 is 23.6. The van der Waals surface area contributed by atoms with Crippen molar-refractivity contribution >= 4 is 17.6 Å². The van der Waals surface area contributed by atoms with Gasteiger partial charge < -0.3 is 15.2 Å². The highest BCUT2D eigenvalue weighted by Gasteiger charge is 2.22. The summed E-state index contributed by atoms with van der Waals surface area (Å²) in [5, 5.41) is 17.1. The second-order valence-electron chi connectivity index (χ2n) is 8.26. The molecular weight excluding hydrogens is 427 g/mol. The number of nitrogens with zero attached hydrogens (tertiary/aromatic N) is 5. The number of carboxylic acids is 1. The highest BCUT2D eigenvalue weighted by molar-refractivity contribution is 5.88. The number of hydrogen-bond acceptors (Lipinski definition) is 6. The molecule has 2 N–H and O–H groups in total. The van der Waals surface area contributed by atoms with Crippen molar-refractivity contribution in [2.45, 2.75) is 39.8 Å². The van der Waals surface area contributed by atoms with Crippen LogP contribution in [0.4, 0.5) is 10.3 Å². The fraction of sp³-hybridized carbons (Fsp3) is 0.304. The Bertz CT molecular complexity index is 1390. The van der Waals surface area contributed by atoms with Gasteiger partial charge in [0.05, 0.1) is 12.8 Å². The molecule has 0 aliphatic carbocycles. The molecule has 5 rings (SSSR count). The van der Waals surface area contributed by atoms with E-state index < -0.39 is 5.97 Å². The zero-order valence-electron chi connectivity index (χ0n) is 18.5. The van der Waals surface area contributed by atoms with E-state index in [-0.39, 0.29) is 24.1 Å². The molecule has 4 aromatic rings. The van der Waals surface area contributed by atoms with Crippen molar-refractivity contribution in [2.24, 2.45) is 0 Å². The zero-order chi connectivity index (χ0) is 23.3. The number of ether oxygens (including phenoxy) is 1. The van der Waals surface area contributed by atoms with Gasteiger partial charge in [-0.2, -0.15) is 5.10 Å². The lowest BCUT2D eigenvalue weighted by Crippen LogP contribution is -2.10. The van der Waals surface area contributed by atoms with Crippen LogP contribution in [-0.2, 0) is 13.0 Å². The molecule has 10 heteroatoms. The molecule has 0 atom stereocenters. The minimum absolute atomic E-state index is 0.110. The van der Waals surface area contributed by atoms with E-state index in [0.717, 1.165) is 16.8 Å². The third-order valence-corrected chi connectivity index (χ3v) is 5.90. The van der Waals surface area contributed by atoms with Gasteiger partial charge in [-0.3, -0.25) is 9.08 Å². The normalized spacial score (nSPS) is 12.9. The molecule has 0 amide bonds. The Hall–Kier alpha value is -3.95. The monoisotopic (exact) mass is 450 g/mol. The molecule has 0 fully saturated rings. The standard InChI is InChI=1S/C23H23FN6O3/c1-12(2)30-13(3)15(10-27-30)17-9-26-23(29-11-19(22(31)32)28-21(17)29)25-8-16-14-6-7-33-20(14)5-4-18(16)24/h4-5,9-12H,6-8H2,1-3H3,(H,25,26)(H,31,32). The minimum Gasteiger partial charge on any atom is -0.493 e. The average molecular weight is 450 g/mol. The number of anilines is 1. The van der Waals surface area contributed by atoms with Gasteiger partial charge in [0.25, 0.3) is 0 Å². The van der Waals surface area contributed by atoms with E-state index >= 15 is 0 Å². The molecule has 1 aliphatic heterocycles. The molecule has 0 saturated carbocycles. The van der Waals surface area contributed by atoms with Gasteiger partial charge in [0.1, 0.15) is 17.2 Å². The van der Waals surface area contributed by atoms with Crippen molar-refractivity contribution in [1.82, 2.24) is 24.1 Å². The topological polar surface area (TPSA) is 107 Å². The van der Waals surface area contributed by atoms with Crippen LogP contribution < -0.4 is 10.1 Å². The second kappa shape index (κ2) is 7.88. The lowest BCUT2D eigenvalue weighted by atomic mass is 10.0. The number of carbonyl (C=O) groups is 1. The number of rotatable bonds is 6.